The average Bonchev–Trinajstić information content (AvgIpc) is 2.02. The Morgan fingerprint density at radius 2 is 1.71 bits per heavy atom. The van der Waals surface area contributed by atoms with E-state index in [1.165, 1.54) is 0 Å². The Hall–Kier alpha value is -1.63. The number of esters is 1. The van der Waals surface area contributed by atoms with Crippen molar-refractivity contribution in [1.82, 2.24) is 0 Å². The summed E-state index contributed by atoms with van der Waals surface area (Å²) < 4.78 is 4.12. The number of carbonyl (C=O) groups is 3. The molecule has 0 spiro atoms. The Labute approximate surface area is 78.9 Å². The molecule has 0 aromatic rings. The summed E-state index contributed by atoms with van der Waals surface area (Å²) in [6.07, 6.45) is -1.96. The molecular weight excluding hydrogens is 196 g/mol. The second kappa shape index (κ2) is 4.56. The predicted octanol–water partition coefficient (Wildman–Crippen LogP) is -1.16. The van der Waals surface area contributed by atoms with Gasteiger partial charge in [-0.05, 0) is 0 Å². The average molecular weight is 206 g/mol. The molecule has 0 heterocycles. The third-order valence-corrected chi connectivity index (χ3v) is 1.51. The van der Waals surface area contributed by atoms with Crippen molar-refractivity contribution in [2.24, 2.45) is 0 Å². The molecule has 14 heavy (non-hydrogen) atoms. The van der Waals surface area contributed by atoms with E-state index >= 15 is 0 Å². The number of hydrogen-bond donors (Lipinski definition) is 3. The number of carbonyl (C=O) groups excluding carboxylic acids is 1. The van der Waals surface area contributed by atoms with Crippen molar-refractivity contribution in [1.29, 1.82) is 0 Å². The summed E-state index contributed by atoms with van der Waals surface area (Å²) in [7, 11) is 1.01. The summed E-state index contributed by atoms with van der Waals surface area (Å²) in [6.45, 7) is 0. The highest BCUT2D eigenvalue weighted by molar-refractivity contribution is 5.88. The molecule has 0 aliphatic carbocycles. The molecule has 1 atom stereocenters. The predicted molar refractivity (Wildman–Crippen MR) is 41.5 cm³/mol. The molecule has 80 valence electrons. The second-order valence-corrected chi connectivity index (χ2v) is 2.66. The second-order valence-electron chi connectivity index (χ2n) is 2.66. The van der Waals surface area contributed by atoms with Crippen LogP contribution in [0.1, 0.15) is 12.8 Å². The number of methoxy groups -OCH3 is 1. The summed E-state index contributed by atoms with van der Waals surface area (Å²) >= 11 is 0. The molecule has 0 aromatic carbocycles. The molecule has 3 N–H and O–H groups in total. The molecule has 0 aromatic heterocycles. The van der Waals surface area contributed by atoms with Gasteiger partial charge in [0.25, 0.3) is 0 Å². The van der Waals surface area contributed by atoms with Gasteiger partial charge in [-0.3, -0.25) is 9.59 Å². The zero-order valence-corrected chi connectivity index (χ0v) is 7.39. The first kappa shape index (κ1) is 12.4. The molecule has 0 amide bonds. The van der Waals surface area contributed by atoms with Crippen molar-refractivity contribution in [3.8, 4) is 0 Å². The van der Waals surface area contributed by atoms with Gasteiger partial charge in [0.2, 0.25) is 0 Å². The summed E-state index contributed by atoms with van der Waals surface area (Å²) in [6, 6.07) is 0. The molecule has 0 radical (unpaired) electrons. The van der Waals surface area contributed by atoms with Crippen molar-refractivity contribution < 1.29 is 34.4 Å². The minimum absolute atomic E-state index is 0.898. The first-order valence-electron chi connectivity index (χ1n) is 3.56. The maximum Gasteiger partial charge on any atom is 0.336 e. The van der Waals surface area contributed by atoms with Crippen LogP contribution in [0, 0.1) is 0 Å². The summed E-state index contributed by atoms with van der Waals surface area (Å²) in [5, 5.41) is 26.1. The maximum atomic E-state index is 10.7. The number of carboxylic acids is 2. The summed E-state index contributed by atoms with van der Waals surface area (Å²) in [5.74, 6) is -4.28. The summed E-state index contributed by atoms with van der Waals surface area (Å²) in [4.78, 5) is 31.4. The highest BCUT2D eigenvalue weighted by atomic mass is 16.5. The van der Waals surface area contributed by atoms with E-state index in [1.54, 1.807) is 0 Å². The topological polar surface area (TPSA) is 121 Å². The number of aliphatic carboxylic acids is 2. The zero-order valence-electron chi connectivity index (χ0n) is 7.39. The molecule has 0 aliphatic rings. The molecule has 7 heteroatoms. The third kappa shape index (κ3) is 3.40. The number of ether oxygens (including phenoxy) is 1. The van der Waals surface area contributed by atoms with Crippen molar-refractivity contribution in [2.45, 2.75) is 18.4 Å². The molecule has 0 saturated heterocycles. The van der Waals surface area contributed by atoms with E-state index in [0.717, 1.165) is 7.11 Å². The van der Waals surface area contributed by atoms with Crippen molar-refractivity contribution >= 4 is 17.9 Å². The van der Waals surface area contributed by atoms with Crippen LogP contribution in [0.2, 0.25) is 0 Å². The van der Waals surface area contributed by atoms with Crippen LogP contribution in [-0.2, 0) is 19.1 Å². The van der Waals surface area contributed by atoms with Gasteiger partial charge >= 0.3 is 17.9 Å². The van der Waals surface area contributed by atoms with Gasteiger partial charge in [0.1, 0.15) is 0 Å². The molecular formula is C7H10O7. The van der Waals surface area contributed by atoms with E-state index in [2.05, 4.69) is 4.74 Å². The lowest BCUT2D eigenvalue weighted by molar-refractivity contribution is -0.171. The number of aliphatic hydroxyl groups is 1. The Bertz CT molecular complexity index is 259. The van der Waals surface area contributed by atoms with E-state index in [9.17, 15) is 19.5 Å². The minimum atomic E-state index is -2.61. The van der Waals surface area contributed by atoms with E-state index in [1.807, 2.05) is 0 Å². The normalized spacial score (nSPS) is 14.1. The Kier molecular flexibility index (Phi) is 4.03. The fraction of sp³-hybridized carbons (Fsp3) is 0.571. The van der Waals surface area contributed by atoms with Crippen molar-refractivity contribution in [3.05, 3.63) is 0 Å². The third-order valence-electron chi connectivity index (χ3n) is 1.51. The lowest BCUT2D eigenvalue weighted by atomic mass is 9.96. The van der Waals surface area contributed by atoms with Gasteiger partial charge in [0.15, 0.2) is 5.60 Å². The van der Waals surface area contributed by atoms with Crippen LogP contribution in [0.4, 0.5) is 0 Å². The number of carboxylic acid groups (broad SMARTS) is 2. The van der Waals surface area contributed by atoms with Gasteiger partial charge < -0.3 is 20.1 Å². The molecule has 0 saturated carbocycles. The summed E-state index contributed by atoms with van der Waals surface area (Å²) in [5.41, 5.74) is -2.61. The smallest absolute Gasteiger partial charge is 0.336 e. The molecule has 0 bridgehead atoms. The fourth-order valence-corrected chi connectivity index (χ4v) is 0.775. The highest BCUT2D eigenvalue weighted by Crippen LogP contribution is 2.16. The molecule has 0 fully saturated rings. The van der Waals surface area contributed by atoms with E-state index in [0.29, 0.717) is 0 Å². The number of rotatable bonds is 5. The van der Waals surface area contributed by atoms with Crippen LogP contribution in [0.25, 0.3) is 0 Å². The van der Waals surface area contributed by atoms with Crippen molar-refractivity contribution in [3.63, 3.8) is 0 Å². The molecule has 0 rings (SSSR count). The lowest BCUT2D eigenvalue weighted by Gasteiger charge is -2.19. The van der Waals surface area contributed by atoms with Crippen LogP contribution in [0.3, 0.4) is 0 Å². The quantitative estimate of drug-likeness (QED) is 0.485. The Morgan fingerprint density at radius 3 is 2.00 bits per heavy atom. The van der Waals surface area contributed by atoms with Gasteiger partial charge in [0.05, 0.1) is 20.0 Å². The zero-order chi connectivity index (χ0) is 11.4. The first-order valence-corrected chi connectivity index (χ1v) is 3.56. The van der Waals surface area contributed by atoms with Crippen LogP contribution < -0.4 is 0 Å². The van der Waals surface area contributed by atoms with Crippen LogP contribution >= 0.6 is 0 Å². The SMILES string of the molecule is COC(=O)C[C@](O)(CC(=O)O)C(=O)O. The van der Waals surface area contributed by atoms with Gasteiger partial charge in [-0.15, -0.1) is 0 Å². The Morgan fingerprint density at radius 1 is 1.21 bits per heavy atom. The van der Waals surface area contributed by atoms with E-state index in [-0.39, 0.29) is 0 Å². The van der Waals surface area contributed by atoms with Gasteiger partial charge in [0, 0.05) is 0 Å². The standard InChI is InChI=1S/C7H10O7/c1-14-5(10)3-7(13,6(11)12)2-4(8)9/h13H,2-3H2,1H3,(H,8,9)(H,11,12)/t7-/m1/s1. The van der Waals surface area contributed by atoms with Crippen molar-refractivity contribution in [2.75, 3.05) is 7.11 Å². The number of hydrogen-bond acceptors (Lipinski definition) is 5. The van der Waals surface area contributed by atoms with Crippen LogP contribution in [0.15, 0.2) is 0 Å². The van der Waals surface area contributed by atoms with Crippen LogP contribution in [-0.4, -0.2) is 45.9 Å². The lowest BCUT2D eigenvalue weighted by Crippen LogP contribution is -2.42. The maximum absolute atomic E-state index is 10.7. The van der Waals surface area contributed by atoms with Crippen LogP contribution in [0.5, 0.6) is 0 Å². The first-order chi connectivity index (χ1) is 6.31. The van der Waals surface area contributed by atoms with Gasteiger partial charge in [-0.2, -0.15) is 0 Å². The van der Waals surface area contributed by atoms with Gasteiger partial charge in [-0.25, -0.2) is 4.79 Å². The molecule has 0 aliphatic heterocycles. The largest absolute Gasteiger partial charge is 0.481 e. The minimum Gasteiger partial charge on any atom is -0.481 e. The van der Waals surface area contributed by atoms with E-state index < -0.39 is 36.4 Å². The monoisotopic (exact) mass is 206 g/mol. The fourth-order valence-electron chi connectivity index (χ4n) is 0.775. The molecule has 7 nitrogen and oxygen atoms in total. The highest BCUT2D eigenvalue weighted by Gasteiger charge is 2.41. The Balaban J connectivity index is 4.63. The van der Waals surface area contributed by atoms with Gasteiger partial charge in [-0.1, -0.05) is 0 Å². The van der Waals surface area contributed by atoms with E-state index in [4.69, 9.17) is 10.2 Å². The molecule has 0 unspecified atom stereocenters.